The van der Waals surface area contributed by atoms with Crippen LogP contribution in [-0.2, 0) is 22.3 Å². The van der Waals surface area contributed by atoms with E-state index in [1.165, 1.54) is 5.56 Å². The van der Waals surface area contributed by atoms with Crippen molar-refractivity contribution in [3.63, 3.8) is 0 Å². The highest BCUT2D eigenvalue weighted by atomic mass is 35.5. The predicted octanol–water partition coefficient (Wildman–Crippen LogP) is 3.82. The lowest BCUT2D eigenvalue weighted by molar-refractivity contribution is -0.0551. The molecule has 0 aliphatic carbocycles. The first-order valence-electron chi connectivity index (χ1n) is 9.13. The monoisotopic (exact) mass is 406 g/mol. The van der Waals surface area contributed by atoms with Crippen LogP contribution in [0.2, 0.25) is 5.15 Å². The fourth-order valence-corrected chi connectivity index (χ4v) is 5.13. The maximum atomic E-state index is 13.5. The van der Waals surface area contributed by atoms with Crippen LogP contribution in [0.15, 0.2) is 35.2 Å². The number of benzene rings is 1. The van der Waals surface area contributed by atoms with Gasteiger partial charge in [0.15, 0.2) is 0 Å². The zero-order valence-corrected chi connectivity index (χ0v) is 17.1. The van der Waals surface area contributed by atoms with E-state index in [4.69, 9.17) is 21.1 Å². The molecule has 0 radical (unpaired) electrons. The van der Waals surface area contributed by atoms with Crippen molar-refractivity contribution in [2.75, 3.05) is 19.8 Å². The predicted molar refractivity (Wildman–Crippen MR) is 105 cm³/mol. The molecule has 1 fully saturated rings. The summed E-state index contributed by atoms with van der Waals surface area (Å²) in [4.78, 5) is 5.01. The standard InChI is InChI=1S/C20H23ClN2O3S/c1-14-5-3-4-6-16(14)12-23-13-20(7-9-25-10-8-20)26-19-17(27(23)24)11-15(2)18(21)22-19/h3-6,11H,7-10,12-13H2,1-2H3. The fourth-order valence-electron chi connectivity index (χ4n) is 3.60. The molecular formula is C20H23ClN2O3S. The summed E-state index contributed by atoms with van der Waals surface area (Å²) in [7, 11) is -1.38. The van der Waals surface area contributed by atoms with Gasteiger partial charge in [-0.05, 0) is 36.6 Å². The van der Waals surface area contributed by atoms with E-state index in [1.54, 1.807) is 0 Å². The molecule has 0 N–H and O–H groups in total. The molecule has 1 spiro atoms. The highest BCUT2D eigenvalue weighted by molar-refractivity contribution is 7.82. The Morgan fingerprint density at radius 3 is 2.70 bits per heavy atom. The molecule has 0 bridgehead atoms. The minimum absolute atomic E-state index is 0.387. The van der Waals surface area contributed by atoms with Crippen molar-refractivity contribution in [1.29, 1.82) is 0 Å². The Bertz CT molecular complexity index is 884. The minimum Gasteiger partial charge on any atom is -0.469 e. The van der Waals surface area contributed by atoms with E-state index in [0.29, 0.717) is 42.2 Å². The molecule has 2 aliphatic rings. The molecule has 1 unspecified atom stereocenters. The quantitative estimate of drug-likeness (QED) is 0.711. The normalized spacial score (nSPS) is 22.1. The summed E-state index contributed by atoms with van der Waals surface area (Å²) >= 11 is 6.23. The van der Waals surface area contributed by atoms with Gasteiger partial charge in [0.25, 0.3) is 0 Å². The van der Waals surface area contributed by atoms with E-state index in [9.17, 15) is 4.21 Å². The number of pyridine rings is 1. The van der Waals surface area contributed by atoms with Gasteiger partial charge < -0.3 is 9.47 Å². The average molecular weight is 407 g/mol. The summed E-state index contributed by atoms with van der Waals surface area (Å²) in [6.07, 6.45) is 1.47. The van der Waals surface area contributed by atoms with Gasteiger partial charge in [0.2, 0.25) is 5.88 Å². The van der Waals surface area contributed by atoms with Crippen molar-refractivity contribution in [2.24, 2.45) is 0 Å². The van der Waals surface area contributed by atoms with E-state index in [-0.39, 0.29) is 0 Å². The third-order valence-corrected chi connectivity index (χ3v) is 7.07. The van der Waals surface area contributed by atoms with E-state index >= 15 is 0 Å². The lowest BCUT2D eigenvalue weighted by Crippen LogP contribution is -2.49. The zero-order chi connectivity index (χ0) is 19.0. The van der Waals surface area contributed by atoms with Gasteiger partial charge in [-0.3, -0.25) is 0 Å². The van der Waals surface area contributed by atoms with Crippen LogP contribution in [-0.4, -0.2) is 38.9 Å². The van der Waals surface area contributed by atoms with Crippen LogP contribution in [0, 0.1) is 13.8 Å². The Kier molecular flexibility index (Phi) is 5.25. The highest BCUT2D eigenvalue weighted by Crippen LogP contribution is 2.38. The van der Waals surface area contributed by atoms with Gasteiger partial charge in [0, 0.05) is 19.4 Å². The molecule has 1 saturated heterocycles. The first-order chi connectivity index (χ1) is 13.0. The maximum Gasteiger partial charge on any atom is 0.233 e. The Hall–Kier alpha value is -1.47. The summed E-state index contributed by atoms with van der Waals surface area (Å²) < 4.78 is 27.4. The SMILES string of the molecule is Cc1ccccc1CN1CC2(CCOCC2)Oc2nc(Cl)c(C)cc2S1=O. The second-order valence-electron chi connectivity index (χ2n) is 7.27. The minimum atomic E-state index is -1.38. The number of aryl methyl sites for hydroxylation is 2. The molecule has 4 rings (SSSR count). The Morgan fingerprint density at radius 2 is 1.96 bits per heavy atom. The number of aromatic nitrogens is 1. The molecule has 27 heavy (non-hydrogen) atoms. The number of fused-ring (bicyclic) bond motifs is 1. The van der Waals surface area contributed by atoms with Gasteiger partial charge in [-0.2, -0.15) is 0 Å². The number of hydrogen-bond donors (Lipinski definition) is 0. The van der Waals surface area contributed by atoms with Crippen molar-refractivity contribution >= 4 is 22.6 Å². The third kappa shape index (κ3) is 3.76. The van der Waals surface area contributed by atoms with Crippen molar-refractivity contribution < 1.29 is 13.7 Å². The van der Waals surface area contributed by atoms with Gasteiger partial charge >= 0.3 is 0 Å². The topological polar surface area (TPSA) is 51.7 Å². The lowest BCUT2D eigenvalue weighted by atomic mass is 9.93. The number of nitrogens with zero attached hydrogens (tertiary/aromatic N) is 2. The molecule has 1 aromatic heterocycles. The van der Waals surface area contributed by atoms with Crippen molar-refractivity contribution in [2.45, 2.75) is 43.7 Å². The molecule has 2 aromatic rings. The van der Waals surface area contributed by atoms with Crippen LogP contribution in [0.3, 0.4) is 0 Å². The third-order valence-electron chi connectivity index (χ3n) is 5.30. The summed E-state index contributed by atoms with van der Waals surface area (Å²) in [6.45, 7) is 6.35. The Labute approximate surface area is 167 Å². The van der Waals surface area contributed by atoms with E-state index in [2.05, 4.69) is 24.0 Å². The highest BCUT2D eigenvalue weighted by Gasteiger charge is 2.42. The summed E-state index contributed by atoms with van der Waals surface area (Å²) in [6, 6.07) is 10.0. The van der Waals surface area contributed by atoms with Crippen LogP contribution < -0.4 is 4.74 Å². The molecule has 0 saturated carbocycles. The van der Waals surface area contributed by atoms with Gasteiger partial charge in [-0.1, -0.05) is 35.9 Å². The molecule has 3 heterocycles. The number of halogens is 1. The molecule has 144 valence electrons. The van der Waals surface area contributed by atoms with Gasteiger partial charge in [-0.15, -0.1) is 0 Å². The molecule has 0 amide bonds. The number of rotatable bonds is 2. The van der Waals surface area contributed by atoms with Crippen LogP contribution in [0.4, 0.5) is 0 Å². The fraction of sp³-hybridized carbons (Fsp3) is 0.450. The van der Waals surface area contributed by atoms with E-state index < -0.39 is 16.6 Å². The molecule has 1 aromatic carbocycles. The summed E-state index contributed by atoms with van der Waals surface area (Å²) in [5.74, 6) is 0.387. The smallest absolute Gasteiger partial charge is 0.233 e. The van der Waals surface area contributed by atoms with Crippen molar-refractivity contribution in [3.05, 3.63) is 52.2 Å². The van der Waals surface area contributed by atoms with Crippen molar-refractivity contribution in [1.82, 2.24) is 9.29 Å². The first kappa shape index (κ1) is 18.9. The molecule has 1 atom stereocenters. The van der Waals surface area contributed by atoms with Crippen LogP contribution >= 0.6 is 11.6 Å². The number of ether oxygens (including phenoxy) is 2. The average Bonchev–Trinajstić information content (AvgIpc) is 2.75. The molecule has 5 nitrogen and oxygen atoms in total. The summed E-state index contributed by atoms with van der Waals surface area (Å²) in [5, 5.41) is 0.389. The zero-order valence-electron chi connectivity index (χ0n) is 15.5. The largest absolute Gasteiger partial charge is 0.469 e. The van der Waals surface area contributed by atoms with Crippen molar-refractivity contribution in [3.8, 4) is 5.88 Å². The van der Waals surface area contributed by atoms with Gasteiger partial charge in [0.05, 0.1) is 19.8 Å². The first-order valence-corrected chi connectivity index (χ1v) is 10.6. The van der Waals surface area contributed by atoms with E-state index in [0.717, 1.165) is 24.0 Å². The van der Waals surface area contributed by atoms with Gasteiger partial charge in [-0.25, -0.2) is 13.5 Å². The van der Waals surface area contributed by atoms with Gasteiger partial charge in [0.1, 0.15) is 26.6 Å². The Balaban J connectivity index is 1.76. The lowest BCUT2D eigenvalue weighted by Gasteiger charge is -2.38. The maximum absolute atomic E-state index is 13.5. The molecule has 2 aliphatic heterocycles. The van der Waals surface area contributed by atoms with Crippen LogP contribution in [0.5, 0.6) is 5.88 Å². The van der Waals surface area contributed by atoms with Crippen LogP contribution in [0.1, 0.15) is 29.5 Å². The summed E-state index contributed by atoms with van der Waals surface area (Å²) in [5.41, 5.74) is 2.68. The number of hydrogen-bond acceptors (Lipinski definition) is 4. The second kappa shape index (κ2) is 7.51. The Morgan fingerprint density at radius 1 is 1.22 bits per heavy atom. The molecular weight excluding hydrogens is 384 g/mol. The molecule has 7 heteroatoms. The second-order valence-corrected chi connectivity index (χ2v) is 9.08. The van der Waals surface area contributed by atoms with Crippen LogP contribution in [0.25, 0.3) is 0 Å². The van der Waals surface area contributed by atoms with E-state index in [1.807, 2.05) is 29.4 Å².